The summed E-state index contributed by atoms with van der Waals surface area (Å²) in [5, 5.41) is 0.776. The van der Waals surface area contributed by atoms with E-state index in [9.17, 15) is 14.0 Å². The van der Waals surface area contributed by atoms with Crippen LogP contribution in [0, 0.1) is 5.82 Å². The van der Waals surface area contributed by atoms with Crippen molar-refractivity contribution in [2.24, 2.45) is 0 Å². The molecule has 0 fully saturated rings. The molecule has 2 aromatic carbocycles. The van der Waals surface area contributed by atoms with Gasteiger partial charge in [0.2, 0.25) is 11.8 Å². The Kier molecular flexibility index (Phi) is 6.90. The molecule has 0 heterocycles. The largest absolute Gasteiger partial charge is 0.273 e. The number of amides is 2. The average Bonchev–Trinajstić information content (AvgIpc) is 2.56. The fourth-order valence-electron chi connectivity index (χ4n) is 1.76. The maximum absolute atomic E-state index is 13.6. The fraction of sp³-hybridized carbons (Fsp3) is 0.125. The number of hydrogen-bond acceptors (Lipinski definition) is 3. The predicted octanol–water partition coefficient (Wildman–Crippen LogP) is 3.61. The van der Waals surface area contributed by atoms with Gasteiger partial charge in [-0.05, 0) is 36.4 Å². The van der Waals surface area contributed by atoms with Gasteiger partial charge in [-0.2, -0.15) is 0 Å². The summed E-state index contributed by atoms with van der Waals surface area (Å²) in [5.74, 6) is -1.40. The Balaban J connectivity index is 1.77. The van der Waals surface area contributed by atoms with Gasteiger partial charge in [0.1, 0.15) is 5.82 Å². The van der Waals surface area contributed by atoms with Gasteiger partial charge in [0, 0.05) is 20.5 Å². The summed E-state index contributed by atoms with van der Waals surface area (Å²) in [5.41, 5.74) is 4.59. The Labute approximate surface area is 152 Å². The van der Waals surface area contributed by atoms with E-state index in [4.69, 9.17) is 23.2 Å². The van der Waals surface area contributed by atoms with Crippen LogP contribution in [0.5, 0.6) is 0 Å². The number of rotatable bonds is 5. The average molecular weight is 387 g/mol. The molecule has 0 saturated carbocycles. The second-order valence-electron chi connectivity index (χ2n) is 4.72. The summed E-state index contributed by atoms with van der Waals surface area (Å²) < 4.78 is 13.6. The molecule has 0 atom stereocenters. The highest BCUT2D eigenvalue weighted by Gasteiger charge is 2.12. The van der Waals surface area contributed by atoms with Crippen molar-refractivity contribution < 1.29 is 14.0 Å². The van der Waals surface area contributed by atoms with Crippen molar-refractivity contribution in [3.05, 3.63) is 63.9 Å². The minimum atomic E-state index is -0.567. The van der Waals surface area contributed by atoms with E-state index in [0.29, 0.717) is 5.02 Å². The molecule has 0 radical (unpaired) electrons. The van der Waals surface area contributed by atoms with Crippen molar-refractivity contribution in [2.45, 2.75) is 11.3 Å². The molecular formula is C16H13Cl2FN2O2S. The first-order valence-electron chi connectivity index (χ1n) is 6.84. The van der Waals surface area contributed by atoms with Gasteiger partial charge in [-0.3, -0.25) is 20.4 Å². The monoisotopic (exact) mass is 386 g/mol. The molecule has 0 aromatic heterocycles. The summed E-state index contributed by atoms with van der Waals surface area (Å²) in [6.07, 6.45) is -0.268. The lowest BCUT2D eigenvalue weighted by Gasteiger charge is -2.09. The van der Waals surface area contributed by atoms with Crippen molar-refractivity contribution in [3.63, 3.8) is 0 Å². The lowest BCUT2D eigenvalue weighted by atomic mass is 10.1. The van der Waals surface area contributed by atoms with E-state index < -0.39 is 11.7 Å². The van der Waals surface area contributed by atoms with Gasteiger partial charge in [-0.25, -0.2) is 4.39 Å². The van der Waals surface area contributed by atoms with Crippen LogP contribution in [0.15, 0.2) is 47.4 Å². The van der Waals surface area contributed by atoms with E-state index in [2.05, 4.69) is 10.9 Å². The topological polar surface area (TPSA) is 58.2 Å². The van der Waals surface area contributed by atoms with Gasteiger partial charge >= 0.3 is 0 Å². The van der Waals surface area contributed by atoms with Crippen LogP contribution in [0.2, 0.25) is 10.0 Å². The Morgan fingerprint density at radius 3 is 2.33 bits per heavy atom. The van der Waals surface area contributed by atoms with Gasteiger partial charge in [-0.15, -0.1) is 11.8 Å². The number of carbonyl (C=O) groups is 2. The highest BCUT2D eigenvalue weighted by molar-refractivity contribution is 8.00. The number of benzene rings is 2. The fourth-order valence-corrected chi connectivity index (χ4v) is 2.82. The third-order valence-electron chi connectivity index (χ3n) is 2.92. The first-order chi connectivity index (χ1) is 11.5. The second kappa shape index (κ2) is 8.92. The smallest absolute Gasteiger partial charge is 0.248 e. The molecule has 2 rings (SSSR count). The molecular weight excluding hydrogens is 374 g/mol. The lowest BCUT2D eigenvalue weighted by Crippen LogP contribution is -2.43. The Morgan fingerprint density at radius 2 is 1.67 bits per heavy atom. The second-order valence-corrected chi connectivity index (χ2v) is 6.61. The third kappa shape index (κ3) is 5.70. The quantitative estimate of drug-likeness (QED) is 0.609. The summed E-state index contributed by atoms with van der Waals surface area (Å²) >= 11 is 12.9. The summed E-state index contributed by atoms with van der Waals surface area (Å²) in [4.78, 5) is 24.3. The van der Waals surface area contributed by atoms with Crippen LogP contribution < -0.4 is 10.9 Å². The lowest BCUT2D eigenvalue weighted by molar-refractivity contribution is -0.127. The normalized spacial score (nSPS) is 10.3. The minimum Gasteiger partial charge on any atom is -0.273 e. The van der Waals surface area contributed by atoms with Gasteiger partial charge in [0.25, 0.3) is 0 Å². The molecule has 24 heavy (non-hydrogen) atoms. The Hall–Kier alpha value is -1.76. The van der Waals surface area contributed by atoms with Crippen LogP contribution in [0.3, 0.4) is 0 Å². The van der Waals surface area contributed by atoms with Crippen molar-refractivity contribution >= 4 is 46.8 Å². The Bertz CT molecular complexity index is 721. The molecule has 0 aliphatic rings. The molecule has 2 N–H and O–H groups in total. The van der Waals surface area contributed by atoms with Crippen LogP contribution in [0.25, 0.3) is 0 Å². The maximum atomic E-state index is 13.6. The molecule has 2 amide bonds. The number of halogens is 3. The zero-order chi connectivity index (χ0) is 17.5. The van der Waals surface area contributed by atoms with Gasteiger partial charge in [0.05, 0.1) is 12.2 Å². The predicted molar refractivity (Wildman–Crippen MR) is 93.6 cm³/mol. The number of nitrogens with one attached hydrogen (secondary N) is 2. The molecule has 0 aliphatic carbocycles. The number of carbonyl (C=O) groups excluding carboxylic acids is 2. The molecule has 126 valence electrons. The number of hydrogen-bond donors (Lipinski definition) is 2. The van der Waals surface area contributed by atoms with E-state index in [1.54, 1.807) is 24.3 Å². The van der Waals surface area contributed by atoms with Crippen molar-refractivity contribution in [1.29, 1.82) is 0 Å². The SMILES string of the molecule is O=C(CSc1ccc(Cl)cc1)NNC(=O)Cc1c(F)cccc1Cl. The van der Waals surface area contributed by atoms with Gasteiger partial charge in [-0.1, -0.05) is 29.3 Å². The van der Waals surface area contributed by atoms with Crippen LogP contribution in [-0.4, -0.2) is 17.6 Å². The third-order valence-corrected chi connectivity index (χ3v) is 4.54. The number of hydrazine groups is 1. The van der Waals surface area contributed by atoms with Crippen molar-refractivity contribution in [1.82, 2.24) is 10.9 Å². The van der Waals surface area contributed by atoms with Crippen LogP contribution in [0.4, 0.5) is 4.39 Å². The van der Waals surface area contributed by atoms with Crippen LogP contribution in [-0.2, 0) is 16.0 Å². The van der Waals surface area contributed by atoms with Crippen molar-refractivity contribution in [3.8, 4) is 0 Å². The minimum absolute atomic E-state index is 0.0847. The summed E-state index contributed by atoms with van der Waals surface area (Å²) in [6, 6.07) is 11.2. The summed E-state index contributed by atoms with van der Waals surface area (Å²) in [7, 11) is 0. The van der Waals surface area contributed by atoms with Crippen LogP contribution in [0.1, 0.15) is 5.56 Å². The number of thioether (sulfide) groups is 1. The van der Waals surface area contributed by atoms with E-state index >= 15 is 0 Å². The molecule has 0 spiro atoms. The van der Waals surface area contributed by atoms with Crippen LogP contribution >= 0.6 is 35.0 Å². The van der Waals surface area contributed by atoms with E-state index in [1.165, 1.54) is 30.0 Å². The van der Waals surface area contributed by atoms with E-state index in [1.807, 2.05) is 0 Å². The molecule has 0 unspecified atom stereocenters. The molecule has 8 heteroatoms. The molecule has 0 bridgehead atoms. The van der Waals surface area contributed by atoms with E-state index in [0.717, 1.165) is 4.90 Å². The Morgan fingerprint density at radius 1 is 1.00 bits per heavy atom. The maximum Gasteiger partial charge on any atom is 0.248 e. The molecule has 0 aliphatic heterocycles. The highest BCUT2D eigenvalue weighted by Crippen LogP contribution is 2.20. The molecule has 4 nitrogen and oxygen atoms in total. The zero-order valence-corrected chi connectivity index (χ0v) is 14.6. The standard InChI is InChI=1S/C16H13Cl2FN2O2S/c17-10-4-6-11(7-5-10)24-9-16(23)21-20-15(22)8-12-13(18)2-1-3-14(12)19/h1-7H,8-9H2,(H,20,22)(H,21,23). The van der Waals surface area contributed by atoms with E-state index in [-0.39, 0.29) is 28.7 Å². The zero-order valence-electron chi connectivity index (χ0n) is 12.3. The summed E-state index contributed by atoms with van der Waals surface area (Å²) in [6.45, 7) is 0. The first-order valence-corrected chi connectivity index (χ1v) is 8.59. The van der Waals surface area contributed by atoms with Crippen molar-refractivity contribution in [2.75, 3.05) is 5.75 Å². The molecule has 0 saturated heterocycles. The van der Waals surface area contributed by atoms with Gasteiger partial charge < -0.3 is 0 Å². The first kappa shape index (κ1) is 18.6. The molecule has 2 aromatic rings. The van der Waals surface area contributed by atoms with Gasteiger partial charge in [0.15, 0.2) is 0 Å². The highest BCUT2D eigenvalue weighted by atomic mass is 35.5.